The summed E-state index contributed by atoms with van der Waals surface area (Å²) in [5.41, 5.74) is -0.865. The van der Waals surface area contributed by atoms with Gasteiger partial charge in [-0.2, -0.15) is 12.6 Å². The van der Waals surface area contributed by atoms with Crippen molar-refractivity contribution >= 4 is 76.9 Å². The summed E-state index contributed by atoms with van der Waals surface area (Å²) in [5.74, 6) is -6.58. The monoisotopic (exact) mass is 1040 g/mol. The van der Waals surface area contributed by atoms with Crippen molar-refractivity contribution in [2.24, 2.45) is 11.8 Å². The number of carbonyl (C=O) groups excluding carboxylic acids is 9. The Kier molecular flexibility index (Phi) is 25.0. The first-order valence-electron chi connectivity index (χ1n) is 23.1. The van der Waals surface area contributed by atoms with E-state index in [1.807, 2.05) is 0 Å². The number of pyridine rings is 2. The summed E-state index contributed by atoms with van der Waals surface area (Å²) < 4.78 is 39.6. The zero-order valence-corrected chi connectivity index (χ0v) is 42.8. The summed E-state index contributed by atoms with van der Waals surface area (Å²) in [7, 11) is 0. The highest BCUT2D eigenvalue weighted by Crippen LogP contribution is 2.16. The second kappa shape index (κ2) is 30.2. The van der Waals surface area contributed by atoms with Crippen molar-refractivity contribution in [2.75, 3.05) is 11.5 Å². The molecule has 0 fully saturated rings. The fourth-order valence-electron chi connectivity index (χ4n) is 6.33. The van der Waals surface area contributed by atoms with Crippen molar-refractivity contribution in [3.05, 3.63) is 107 Å². The third kappa shape index (κ3) is 19.5. The zero-order chi connectivity index (χ0) is 53.5. The smallest absolute Gasteiger partial charge is 0.329 e. The first-order chi connectivity index (χ1) is 34.2. The van der Waals surface area contributed by atoms with Crippen LogP contribution in [0.4, 0.5) is 8.78 Å². The lowest BCUT2D eigenvalue weighted by molar-refractivity contribution is -0.153. The molecule has 4 atom stereocenters. The predicted molar refractivity (Wildman–Crippen MR) is 266 cm³/mol. The van der Waals surface area contributed by atoms with Gasteiger partial charge in [0.15, 0.2) is 5.12 Å². The number of nitrogens with zero attached hydrogens (tertiary/aromatic N) is 2. The minimum absolute atomic E-state index is 0.0611. The fraction of sp³-hybridized carbons (Fsp3) is 0.449. The Balaban J connectivity index is 0.000000383. The van der Waals surface area contributed by atoms with E-state index in [0.717, 1.165) is 18.2 Å². The number of fused-ring (bicyclic) bond motifs is 4. The Morgan fingerprint density at radius 2 is 1.11 bits per heavy atom. The van der Waals surface area contributed by atoms with Crippen LogP contribution in [0.2, 0.25) is 0 Å². The Hall–Kier alpha value is -6.75. The summed E-state index contributed by atoms with van der Waals surface area (Å²) in [6.07, 6.45) is 8.42. The largest absolute Gasteiger partial charge is 0.456 e. The van der Waals surface area contributed by atoms with E-state index in [9.17, 15) is 51.9 Å². The molecule has 19 nitrogen and oxygen atoms in total. The molecule has 390 valence electrons. The number of carbonyl (C=O) groups is 9. The third-order valence-electron chi connectivity index (χ3n) is 10.3. The molecule has 6 N–H and O–H groups in total. The van der Waals surface area contributed by atoms with E-state index in [1.54, 1.807) is 58.9 Å². The summed E-state index contributed by atoms with van der Waals surface area (Å²) >= 11 is 5.32. The molecule has 0 saturated carbocycles. The van der Waals surface area contributed by atoms with Crippen LogP contribution < -0.4 is 31.9 Å². The molecule has 2 aromatic heterocycles. The maximum Gasteiger partial charge on any atom is 0.329 e. The number of hydrogen-bond donors (Lipinski definition) is 7. The standard InChI is InChI=1S/C26H33FN4O6S.C23H29FN4O5S/c1-5-18-24(34)31-23(15(3)4)26(36)37-16(9-7-8-12-38-22(33)6-2)13-21(32)28-14-20-17(27)10-11-19(29-20)25(35)30-18;1-4-16-21(30)28-20(13(2)3)23(32)33-14(7-5-6-10-34)11-19(29)25-12-18-15(24)8-9-17(26-18)22(31)27-16/h5,7,9-11,15-16,23H,6,8,12-14H2,1-4H3,(H,28,32)(H,30,35)(H,31,34);4-5,7-9,13-14,20,34H,6,10-12H2,1-3H3,(H,25,29)(H,27,31)(H,28,30)/b9-7+,18-5-;7-5+,16-4-/t16-,23+;14-,20+/m11/s1. The molecule has 2 aromatic rings. The van der Waals surface area contributed by atoms with Gasteiger partial charge in [-0.1, -0.05) is 70.7 Å². The van der Waals surface area contributed by atoms with Crippen LogP contribution in [0, 0.1) is 23.5 Å². The summed E-state index contributed by atoms with van der Waals surface area (Å²) in [4.78, 5) is 121. The Labute approximate surface area is 426 Å². The van der Waals surface area contributed by atoms with E-state index in [1.165, 1.54) is 43.8 Å². The summed E-state index contributed by atoms with van der Waals surface area (Å²) in [6.45, 7) is 11.1. The van der Waals surface area contributed by atoms with Crippen molar-refractivity contribution in [1.29, 1.82) is 0 Å². The van der Waals surface area contributed by atoms with E-state index in [-0.39, 0.29) is 77.1 Å². The van der Waals surface area contributed by atoms with E-state index < -0.39 is 83.3 Å². The number of nitrogens with one attached hydrogen (secondary N) is 6. The van der Waals surface area contributed by atoms with Crippen molar-refractivity contribution in [3.63, 3.8) is 0 Å². The summed E-state index contributed by atoms with van der Waals surface area (Å²) in [6, 6.07) is 2.32. The number of aromatic nitrogens is 2. The molecule has 4 bridgehead atoms. The number of esters is 2. The van der Waals surface area contributed by atoms with E-state index in [4.69, 9.17) is 9.47 Å². The van der Waals surface area contributed by atoms with Gasteiger partial charge in [-0.15, -0.1) is 0 Å². The SMILES string of the molecule is C/C=C1\NC(=O)c2ccc(F)c(n2)CNC(=O)C[C@@H](/C=C/CCS)OC(=O)[C@H](C(C)C)NC1=O.C/C=C1\NC(=O)c2ccc(F)c(n2)CNC(=O)C[C@@H](/C=C/CCSC(=O)CC)OC(=O)[C@H](C(C)C)NC1=O. The van der Waals surface area contributed by atoms with E-state index in [2.05, 4.69) is 54.5 Å². The molecule has 0 unspecified atom stereocenters. The van der Waals surface area contributed by atoms with Gasteiger partial charge in [0.25, 0.3) is 23.6 Å². The second-order valence-electron chi connectivity index (χ2n) is 16.6. The minimum atomic E-state index is -1.07. The highest BCUT2D eigenvalue weighted by Gasteiger charge is 2.32. The lowest BCUT2D eigenvalue weighted by Crippen LogP contribution is -2.48. The number of ether oxygens (including phenoxy) is 2. The number of thioether (sulfide) groups is 1. The first-order valence-corrected chi connectivity index (χ1v) is 24.7. The topological polar surface area (TPSA) is 270 Å². The average molecular weight is 1040 g/mol. The molecule has 2 aliphatic rings. The van der Waals surface area contributed by atoms with Gasteiger partial charge in [-0.25, -0.2) is 28.3 Å². The Morgan fingerprint density at radius 3 is 1.49 bits per heavy atom. The van der Waals surface area contributed by atoms with E-state index >= 15 is 0 Å². The quantitative estimate of drug-likeness (QED) is 0.0574. The van der Waals surface area contributed by atoms with Crippen LogP contribution in [0.15, 0.2) is 72.1 Å². The number of cyclic esters (lactones) is 2. The molecule has 0 spiro atoms. The van der Waals surface area contributed by atoms with Gasteiger partial charge in [0.2, 0.25) is 11.8 Å². The molecule has 6 amide bonds. The molecule has 72 heavy (non-hydrogen) atoms. The van der Waals surface area contributed by atoms with Gasteiger partial charge >= 0.3 is 11.9 Å². The number of hydrogen-bond acceptors (Lipinski definition) is 15. The molecule has 0 saturated heterocycles. The van der Waals surface area contributed by atoms with Crippen LogP contribution in [0.3, 0.4) is 0 Å². The number of halogens is 2. The van der Waals surface area contributed by atoms with Crippen LogP contribution in [-0.2, 0) is 56.1 Å². The van der Waals surface area contributed by atoms with Crippen LogP contribution in [0.1, 0.15) is 113 Å². The number of thiol groups is 1. The van der Waals surface area contributed by atoms with Crippen molar-refractivity contribution in [3.8, 4) is 0 Å². The molecular weight excluding hydrogens is 979 g/mol. The number of allylic oxidation sites excluding steroid dienone is 4. The van der Waals surface area contributed by atoms with Crippen molar-refractivity contribution < 1.29 is 61.4 Å². The first kappa shape index (κ1) is 59.6. The lowest BCUT2D eigenvalue weighted by atomic mass is 10.0. The van der Waals surface area contributed by atoms with Gasteiger partial charge in [0.05, 0.1) is 37.3 Å². The maximum absolute atomic E-state index is 14.3. The third-order valence-corrected chi connectivity index (χ3v) is 11.6. The minimum Gasteiger partial charge on any atom is -0.456 e. The van der Waals surface area contributed by atoms with Gasteiger partial charge in [0.1, 0.15) is 58.7 Å². The normalized spacial score (nSPS) is 21.3. The lowest BCUT2D eigenvalue weighted by Gasteiger charge is -2.24. The molecule has 4 rings (SSSR count). The average Bonchev–Trinajstić information content (AvgIpc) is 3.33. The van der Waals surface area contributed by atoms with Crippen LogP contribution in [0.5, 0.6) is 0 Å². The molecule has 2 aliphatic heterocycles. The van der Waals surface area contributed by atoms with Gasteiger partial charge in [0, 0.05) is 12.2 Å². The fourth-order valence-corrected chi connectivity index (χ4v) is 7.16. The van der Waals surface area contributed by atoms with Crippen molar-refractivity contribution in [1.82, 2.24) is 41.9 Å². The zero-order valence-electron chi connectivity index (χ0n) is 41.1. The molecule has 0 radical (unpaired) electrons. The predicted octanol–water partition coefficient (Wildman–Crippen LogP) is 4.35. The molecule has 0 aromatic carbocycles. The Morgan fingerprint density at radius 1 is 0.694 bits per heavy atom. The number of amides is 6. The second-order valence-corrected chi connectivity index (χ2v) is 18.2. The van der Waals surface area contributed by atoms with Crippen molar-refractivity contribution in [2.45, 2.75) is 118 Å². The van der Waals surface area contributed by atoms with Gasteiger partial charge < -0.3 is 41.4 Å². The molecule has 23 heteroatoms. The maximum atomic E-state index is 14.3. The van der Waals surface area contributed by atoms with Crippen LogP contribution >= 0.6 is 24.4 Å². The van der Waals surface area contributed by atoms with Gasteiger partial charge in [-0.3, -0.25) is 33.6 Å². The summed E-state index contributed by atoms with van der Waals surface area (Å²) in [5, 5.41) is 15.1. The van der Waals surface area contributed by atoms with E-state index in [0.29, 0.717) is 30.8 Å². The Bertz CT molecular complexity index is 2450. The highest BCUT2D eigenvalue weighted by molar-refractivity contribution is 8.13. The van der Waals surface area contributed by atoms with Crippen LogP contribution in [-0.4, -0.2) is 98.3 Å². The highest BCUT2D eigenvalue weighted by atomic mass is 32.2. The molecule has 4 heterocycles. The number of rotatable bonds is 10. The molecular formula is C49H62F2N8O11S2. The molecule has 0 aliphatic carbocycles. The van der Waals surface area contributed by atoms with Crippen LogP contribution in [0.25, 0.3) is 0 Å². The van der Waals surface area contributed by atoms with Gasteiger partial charge in [-0.05, 0) is 80.7 Å².